The average Bonchev–Trinajstić information content (AvgIpc) is 2.60. The Morgan fingerprint density at radius 1 is 1.47 bits per heavy atom. The van der Waals surface area contributed by atoms with Gasteiger partial charge in [0.05, 0.1) is 0 Å². The molecule has 1 aromatic rings. The van der Waals surface area contributed by atoms with Gasteiger partial charge in [-0.1, -0.05) is 0 Å². The number of hydrogen-bond donors (Lipinski definition) is 3. The fraction of sp³-hybridized carbons (Fsp3) is 0.300. The van der Waals surface area contributed by atoms with Gasteiger partial charge in [0.25, 0.3) is 0 Å². The monoisotopic (exact) mass is 239 g/mol. The summed E-state index contributed by atoms with van der Waals surface area (Å²) in [5, 5.41) is 24.2. The molecule has 7 nitrogen and oxygen atoms in total. The number of rotatable bonds is 5. The number of anilines is 1. The Labute approximate surface area is 97.4 Å². The zero-order valence-electron chi connectivity index (χ0n) is 9.41. The lowest BCUT2D eigenvalue weighted by atomic mass is 10.0. The van der Waals surface area contributed by atoms with Crippen molar-refractivity contribution in [2.45, 2.75) is 6.92 Å². The fourth-order valence-electron chi connectivity index (χ4n) is 1.26. The second-order valence-corrected chi connectivity index (χ2v) is 3.52. The van der Waals surface area contributed by atoms with Crippen LogP contribution in [0.2, 0.25) is 0 Å². The van der Waals surface area contributed by atoms with Crippen LogP contribution in [0.3, 0.4) is 0 Å². The normalized spacial score (nSPS) is 11.6. The summed E-state index contributed by atoms with van der Waals surface area (Å²) < 4.78 is 1.57. The van der Waals surface area contributed by atoms with Crippen molar-refractivity contribution in [1.82, 2.24) is 9.78 Å². The van der Waals surface area contributed by atoms with E-state index in [-0.39, 0.29) is 5.57 Å². The standard InChI is InChI=1S/C10H13N3O4/c1-6(8(9(14)15)10(16)17)5-11-7-3-4-13(2)12-7/h3-5,8H,1-2H3,(H,11,12)(H,14,15)(H,16,17)/b6-5-. The van der Waals surface area contributed by atoms with E-state index in [1.165, 1.54) is 13.1 Å². The van der Waals surface area contributed by atoms with Crippen LogP contribution in [0.15, 0.2) is 24.0 Å². The Balaban J connectivity index is 2.77. The van der Waals surface area contributed by atoms with Crippen molar-refractivity contribution in [1.29, 1.82) is 0 Å². The molecule has 0 aromatic carbocycles. The van der Waals surface area contributed by atoms with Crippen molar-refractivity contribution < 1.29 is 19.8 Å². The molecule has 17 heavy (non-hydrogen) atoms. The third-order valence-corrected chi connectivity index (χ3v) is 2.11. The fourth-order valence-corrected chi connectivity index (χ4v) is 1.26. The van der Waals surface area contributed by atoms with Gasteiger partial charge in [0.2, 0.25) is 0 Å². The number of aromatic nitrogens is 2. The second kappa shape index (κ2) is 5.15. The molecule has 0 aliphatic rings. The summed E-state index contributed by atoms with van der Waals surface area (Å²) in [4.78, 5) is 21.5. The summed E-state index contributed by atoms with van der Waals surface area (Å²) in [6, 6.07) is 1.68. The quantitative estimate of drug-likeness (QED) is 0.647. The van der Waals surface area contributed by atoms with Crippen LogP contribution in [0.5, 0.6) is 0 Å². The van der Waals surface area contributed by atoms with Crippen LogP contribution in [-0.2, 0) is 16.6 Å². The van der Waals surface area contributed by atoms with E-state index < -0.39 is 17.9 Å². The smallest absolute Gasteiger partial charge is 0.322 e. The van der Waals surface area contributed by atoms with Gasteiger partial charge in [-0.2, -0.15) is 5.10 Å². The highest BCUT2D eigenvalue weighted by Gasteiger charge is 2.27. The van der Waals surface area contributed by atoms with Gasteiger partial charge in [-0.25, -0.2) is 0 Å². The first kappa shape index (κ1) is 12.8. The number of carbonyl (C=O) groups is 2. The summed E-state index contributed by atoms with van der Waals surface area (Å²) in [5.41, 5.74) is 0.190. The van der Waals surface area contributed by atoms with Gasteiger partial charge >= 0.3 is 11.9 Å². The molecule has 0 atom stereocenters. The Morgan fingerprint density at radius 3 is 2.47 bits per heavy atom. The van der Waals surface area contributed by atoms with Gasteiger partial charge in [-0.05, 0) is 12.5 Å². The number of carboxylic acids is 2. The summed E-state index contributed by atoms with van der Waals surface area (Å²) in [6.07, 6.45) is 3.03. The van der Waals surface area contributed by atoms with E-state index in [1.54, 1.807) is 24.0 Å². The molecule has 1 rings (SSSR count). The first-order chi connectivity index (χ1) is 7.91. The van der Waals surface area contributed by atoms with Gasteiger partial charge in [0.15, 0.2) is 11.7 Å². The Hall–Kier alpha value is -2.31. The van der Waals surface area contributed by atoms with E-state index in [1.807, 2.05) is 0 Å². The molecule has 0 saturated heterocycles. The van der Waals surface area contributed by atoms with Crippen LogP contribution < -0.4 is 5.32 Å². The van der Waals surface area contributed by atoms with Crippen molar-refractivity contribution >= 4 is 17.8 Å². The molecule has 0 bridgehead atoms. The van der Waals surface area contributed by atoms with Gasteiger partial charge in [-0.15, -0.1) is 0 Å². The number of carboxylic acid groups (broad SMARTS) is 2. The lowest BCUT2D eigenvalue weighted by Crippen LogP contribution is -2.24. The Morgan fingerprint density at radius 2 is 2.06 bits per heavy atom. The van der Waals surface area contributed by atoms with E-state index in [4.69, 9.17) is 10.2 Å². The van der Waals surface area contributed by atoms with Gasteiger partial charge in [0, 0.05) is 25.5 Å². The first-order valence-corrected chi connectivity index (χ1v) is 4.80. The molecule has 0 unspecified atom stereocenters. The van der Waals surface area contributed by atoms with E-state index >= 15 is 0 Å². The number of nitrogens with one attached hydrogen (secondary N) is 1. The zero-order valence-corrected chi connectivity index (χ0v) is 9.41. The number of hydrogen-bond acceptors (Lipinski definition) is 4. The van der Waals surface area contributed by atoms with Crippen LogP contribution in [0.1, 0.15) is 6.92 Å². The van der Waals surface area contributed by atoms with Gasteiger partial charge < -0.3 is 15.5 Å². The van der Waals surface area contributed by atoms with Crippen molar-refractivity contribution in [3.63, 3.8) is 0 Å². The Kier molecular flexibility index (Phi) is 3.86. The van der Waals surface area contributed by atoms with Crippen LogP contribution in [0.25, 0.3) is 0 Å². The van der Waals surface area contributed by atoms with Gasteiger partial charge in [0.1, 0.15) is 0 Å². The van der Waals surface area contributed by atoms with E-state index in [0.717, 1.165) is 0 Å². The van der Waals surface area contributed by atoms with Crippen LogP contribution in [-0.4, -0.2) is 31.9 Å². The predicted octanol–water partition coefficient (Wildman–Crippen LogP) is 0.521. The third kappa shape index (κ3) is 3.33. The molecule has 0 amide bonds. The largest absolute Gasteiger partial charge is 0.480 e. The Bertz CT molecular complexity index is 450. The van der Waals surface area contributed by atoms with Crippen LogP contribution in [0, 0.1) is 5.92 Å². The minimum absolute atomic E-state index is 0.190. The molecule has 92 valence electrons. The number of nitrogens with zero attached hydrogens (tertiary/aromatic N) is 2. The zero-order chi connectivity index (χ0) is 13.0. The summed E-state index contributed by atoms with van der Waals surface area (Å²) in [5.74, 6) is -3.82. The minimum Gasteiger partial charge on any atom is -0.480 e. The molecule has 3 N–H and O–H groups in total. The van der Waals surface area contributed by atoms with Gasteiger partial charge in [-0.3, -0.25) is 14.3 Å². The molecule has 0 spiro atoms. The lowest BCUT2D eigenvalue weighted by Gasteiger charge is -2.07. The summed E-state index contributed by atoms with van der Waals surface area (Å²) in [7, 11) is 1.74. The molecule has 0 aliphatic heterocycles. The maximum atomic E-state index is 10.7. The summed E-state index contributed by atoms with van der Waals surface area (Å²) in [6.45, 7) is 1.43. The molecule has 7 heteroatoms. The minimum atomic E-state index is -1.55. The molecule has 0 radical (unpaired) electrons. The van der Waals surface area contributed by atoms with Crippen LogP contribution >= 0.6 is 0 Å². The molecule has 0 saturated carbocycles. The third-order valence-electron chi connectivity index (χ3n) is 2.11. The highest BCUT2D eigenvalue weighted by atomic mass is 16.4. The topological polar surface area (TPSA) is 104 Å². The highest BCUT2D eigenvalue weighted by molar-refractivity contribution is 5.96. The molecule has 0 aliphatic carbocycles. The highest BCUT2D eigenvalue weighted by Crippen LogP contribution is 2.12. The first-order valence-electron chi connectivity index (χ1n) is 4.80. The number of aliphatic carboxylic acids is 2. The van der Waals surface area contributed by atoms with Crippen molar-refractivity contribution in [2.24, 2.45) is 13.0 Å². The van der Waals surface area contributed by atoms with Crippen molar-refractivity contribution in [3.05, 3.63) is 24.0 Å². The predicted molar refractivity (Wildman–Crippen MR) is 59.3 cm³/mol. The van der Waals surface area contributed by atoms with Crippen LogP contribution in [0.4, 0.5) is 5.82 Å². The molecule has 1 heterocycles. The molecular weight excluding hydrogens is 226 g/mol. The SMILES string of the molecule is C/C(=C/Nc1ccn(C)n1)C(C(=O)O)C(=O)O. The van der Waals surface area contributed by atoms with E-state index in [2.05, 4.69) is 10.4 Å². The van der Waals surface area contributed by atoms with E-state index in [0.29, 0.717) is 5.82 Å². The van der Waals surface area contributed by atoms with E-state index in [9.17, 15) is 9.59 Å². The molecule has 0 fully saturated rings. The van der Waals surface area contributed by atoms with Crippen molar-refractivity contribution in [3.8, 4) is 0 Å². The number of aryl methyl sites for hydroxylation is 1. The summed E-state index contributed by atoms with van der Waals surface area (Å²) >= 11 is 0. The average molecular weight is 239 g/mol. The maximum absolute atomic E-state index is 10.7. The molecular formula is C10H13N3O4. The maximum Gasteiger partial charge on any atom is 0.322 e. The lowest BCUT2D eigenvalue weighted by molar-refractivity contribution is -0.152. The second-order valence-electron chi connectivity index (χ2n) is 3.52. The molecule has 1 aromatic heterocycles. The van der Waals surface area contributed by atoms with Crippen molar-refractivity contribution in [2.75, 3.05) is 5.32 Å².